The molecule has 0 saturated carbocycles. The molecule has 5 rings (SSSR count). The fraction of sp³-hybridized carbons (Fsp3) is 0.423. The molecule has 3 aromatic heterocycles. The van der Waals surface area contributed by atoms with Gasteiger partial charge in [-0.15, -0.1) is 11.3 Å². The summed E-state index contributed by atoms with van der Waals surface area (Å²) >= 11 is 2.93. The van der Waals surface area contributed by atoms with Crippen LogP contribution in [0.25, 0.3) is 9.40 Å². The van der Waals surface area contributed by atoms with E-state index in [1.165, 1.54) is 11.3 Å². The quantitative estimate of drug-likeness (QED) is 0.492. The van der Waals surface area contributed by atoms with E-state index in [0.717, 1.165) is 15.0 Å². The van der Waals surface area contributed by atoms with Crippen molar-refractivity contribution >= 4 is 55.8 Å². The number of fused-ring (bicyclic) bond motifs is 2. The Morgan fingerprint density at radius 2 is 2.05 bits per heavy atom. The summed E-state index contributed by atoms with van der Waals surface area (Å²) in [7, 11) is 0. The number of pyridine rings is 1. The zero-order valence-electron chi connectivity index (χ0n) is 20.6. The number of likely N-dealkylation sites (tertiary alicyclic amines) is 2. The molecule has 1 N–H and O–H groups in total. The van der Waals surface area contributed by atoms with Crippen LogP contribution in [0.2, 0.25) is 0 Å². The van der Waals surface area contributed by atoms with Crippen LogP contribution in [0.15, 0.2) is 42.0 Å². The van der Waals surface area contributed by atoms with Crippen molar-refractivity contribution in [1.82, 2.24) is 20.1 Å². The topological polar surface area (TPSA) is 109 Å². The average Bonchev–Trinajstić information content (AvgIpc) is 3.61. The average molecular weight is 541 g/mol. The van der Waals surface area contributed by atoms with Crippen LogP contribution in [-0.2, 0) is 20.8 Å². The lowest BCUT2D eigenvalue weighted by Crippen LogP contribution is -2.53. The number of hydrogen-bond acceptors (Lipinski definition) is 8. The summed E-state index contributed by atoms with van der Waals surface area (Å²) in [5.74, 6) is -0.504. The maximum atomic E-state index is 13.6. The molecule has 5 heterocycles. The van der Waals surface area contributed by atoms with Gasteiger partial charge in [0, 0.05) is 34.4 Å². The molecule has 0 radical (unpaired) electrons. The molecule has 0 bridgehead atoms. The molecule has 3 amide bonds. The van der Waals surface area contributed by atoms with Gasteiger partial charge < -0.3 is 19.9 Å². The first kappa shape index (κ1) is 25.3. The Bertz CT molecular complexity index is 1290. The normalized spacial score (nSPS) is 19.9. The van der Waals surface area contributed by atoms with E-state index in [1.54, 1.807) is 39.6 Å². The van der Waals surface area contributed by atoms with E-state index in [-0.39, 0.29) is 42.5 Å². The Morgan fingerprint density at radius 3 is 2.78 bits per heavy atom. The second kappa shape index (κ2) is 10.6. The summed E-state index contributed by atoms with van der Waals surface area (Å²) in [5, 5.41) is 5.17. The molecule has 2 fully saturated rings. The van der Waals surface area contributed by atoms with Gasteiger partial charge >= 0.3 is 6.09 Å². The molecule has 2 saturated heterocycles. The highest BCUT2D eigenvalue weighted by Crippen LogP contribution is 2.35. The van der Waals surface area contributed by atoms with Gasteiger partial charge in [-0.05, 0) is 41.8 Å². The zero-order chi connectivity index (χ0) is 26.1. The lowest BCUT2D eigenvalue weighted by atomic mass is 10.0. The van der Waals surface area contributed by atoms with Crippen LogP contribution in [0.5, 0.6) is 5.06 Å². The first-order chi connectivity index (χ1) is 17.8. The molecule has 9 nitrogen and oxygen atoms in total. The molecule has 37 heavy (non-hydrogen) atoms. The Morgan fingerprint density at radius 1 is 1.22 bits per heavy atom. The van der Waals surface area contributed by atoms with Crippen LogP contribution in [0.3, 0.4) is 0 Å². The predicted molar refractivity (Wildman–Crippen MR) is 141 cm³/mol. The number of Topliss-reactive ketones (excluding diaryl/α,β-unsaturated/α-hetero) is 1. The third kappa shape index (κ3) is 5.37. The molecule has 0 aromatic carbocycles. The first-order valence-electron chi connectivity index (χ1n) is 12.3. The zero-order valence-corrected chi connectivity index (χ0v) is 22.2. The van der Waals surface area contributed by atoms with Gasteiger partial charge in [-0.2, -0.15) is 0 Å². The Hall–Kier alpha value is -3.31. The number of aromatic nitrogens is 1. The second-order valence-corrected chi connectivity index (χ2v) is 11.8. The van der Waals surface area contributed by atoms with Gasteiger partial charge in [0.2, 0.25) is 11.8 Å². The summed E-state index contributed by atoms with van der Waals surface area (Å²) in [4.78, 5) is 59.5. The van der Waals surface area contributed by atoms with E-state index in [9.17, 15) is 19.2 Å². The largest absolute Gasteiger partial charge is 0.414 e. The number of carbonyl (C=O) groups excluding carboxylic acids is 4. The summed E-state index contributed by atoms with van der Waals surface area (Å²) in [6.45, 7) is 4.27. The summed E-state index contributed by atoms with van der Waals surface area (Å²) < 4.78 is 7.55. The Labute approximate surface area is 222 Å². The summed E-state index contributed by atoms with van der Waals surface area (Å²) in [6, 6.07) is 5.49. The predicted octanol–water partition coefficient (Wildman–Crippen LogP) is 3.48. The number of thiophene rings is 2. The number of hydrogen-bond donors (Lipinski definition) is 1. The van der Waals surface area contributed by atoms with Crippen molar-refractivity contribution in [2.75, 3.05) is 13.1 Å². The van der Waals surface area contributed by atoms with Crippen molar-refractivity contribution in [2.45, 2.75) is 51.2 Å². The Balaban J connectivity index is 1.26. The van der Waals surface area contributed by atoms with E-state index >= 15 is 0 Å². The Kier molecular flexibility index (Phi) is 7.25. The maximum absolute atomic E-state index is 13.6. The van der Waals surface area contributed by atoms with Gasteiger partial charge in [-0.3, -0.25) is 19.4 Å². The standard InChI is InChI=1S/C26H28N4O5S2/c1-15(2)10-17(28-26(34)35-23-12-21-20(37-23)6-9-36-21)25(33)29-8-5-18-24(29)19(31)14-30(18)22(32)11-16-4-3-7-27-13-16/h3-4,6-7,9,12-13,15,17-18,24H,5,8,10-11,14H2,1-2H3,(H,28,34). The highest BCUT2D eigenvalue weighted by molar-refractivity contribution is 7.27. The van der Waals surface area contributed by atoms with Crippen molar-refractivity contribution < 1.29 is 23.9 Å². The lowest BCUT2D eigenvalue weighted by molar-refractivity contribution is -0.138. The molecule has 194 valence electrons. The van der Waals surface area contributed by atoms with Crippen LogP contribution in [0.4, 0.5) is 4.79 Å². The molecule has 0 spiro atoms. The molecular weight excluding hydrogens is 512 g/mol. The van der Waals surface area contributed by atoms with Gasteiger partial charge in [0.05, 0.1) is 19.0 Å². The first-order valence-corrected chi connectivity index (χ1v) is 14.0. The number of carbonyl (C=O) groups is 4. The van der Waals surface area contributed by atoms with Gasteiger partial charge in [0.25, 0.3) is 0 Å². The van der Waals surface area contributed by atoms with Gasteiger partial charge in [-0.1, -0.05) is 31.3 Å². The van der Waals surface area contributed by atoms with Crippen LogP contribution >= 0.6 is 22.7 Å². The smallest absolute Gasteiger partial charge is 0.399 e. The fourth-order valence-corrected chi connectivity index (χ4v) is 7.07. The van der Waals surface area contributed by atoms with Crippen molar-refractivity contribution in [2.24, 2.45) is 5.92 Å². The third-order valence-electron chi connectivity index (χ3n) is 6.71. The maximum Gasteiger partial charge on any atom is 0.414 e. The third-order valence-corrected chi connectivity index (χ3v) is 8.68. The van der Waals surface area contributed by atoms with E-state index < -0.39 is 18.2 Å². The number of nitrogens with one attached hydrogen (secondary N) is 1. The second-order valence-electron chi connectivity index (χ2n) is 9.79. The van der Waals surface area contributed by atoms with E-state index in [1.807, 2.05) is 37.4 Å². The minimum atomic E-state index is -0.833. The van der Waals surface area contributed by atoms with E-state index in [4.69, 9.17) is 4.74 Å². The molecule has 3 unspecified atom stereocenters. The van der Waals surface area contributed by atoms with Crippen molar-refractivity contribution in [3.8, 4) is 5.06 Å². The minimum absolute atomic E-state index is 0.0158. The van der Waals surface area contributed by atoms with Crippen LogP contribution in [-0.4, -0.2) is 69.7 Å². The molecule has 2 aliphatic rings. The van der Waals surface area contributed by atoms with E-state index in [0.29, 0.717) is 24.4 Å². The van der Waals surface area contributed by atoms with Crippen molar-refractivity contribution in [1.29, 1.82) is 0 Å². The monoisotopic (exact) mass is 540 g/mol. The highest BCUT2D eigenvalue weighted by Gasteiger charge is 2.52. The van der Waals surface area contributed by atoms with Crippen LogP contribution < -0.4 is 10.1 Å². The van der Waals surface area contributed by atoms with Gasteiger partial charge in [0.1, 0.15) is 12.1 Å². The minimum Gasteiger partial charge on any atom is -0.399 e. The number of ketones is 1. The van der Waals surface area contributed by atoms with Gasteiger partial charge in [0.15, 0.2) is 10.8 Å². The van der Waals surface area contributed by atoms with Crippen LogP contribution in [0, 0.1) is 5.92 Å². The summed E-state index contributed by atoms with van der Waals surface area (Å²) in [6.07, 6.45) is 3.66. The number of ether oxygens (including phenoxy) is 1. The molecule has 2 aliphatic heterocycles. The van der Waals surface area contributed by atoms with Crippen LogP contribution in [0.1, 0.15) is 32.3 Å². The molecular formula is C26H28N4O5S2. The van der Waals surface area contributed by atoms with Crippen molar-refractivity contribution in [3.05, 3.63) is 47.6 Å². The molecule has 3 aromatic rings. The molecule has 3 atom stereocenters. The lowest BCUT2D eigenvalue weighted by Gasteiger charge is -2.28. The molecule has 0 aliphatic carbocycles. The van der Waals surface area contributed by atoms with E-state index in [2.05, 4.69) is 10.3 Å². The SMILES string of the molecule is CC(C)CC(NC(=O)Oc1cc2sccc2s1)C(=O)N1CCC2C1C(=O)CN2C(=O)Cc1cccnc1. The number of nitrogens with zero attached hydrogens (tertiary/aromatic N) is 3. The van der Waals surface area contributed by atoms with Crippen molar-refractivity contribution in [3.63, 3.8) is 0 Å². The highest BCUT2D eigenvalue weighted by atomic mass is 32.1. The number of amides is 3. The summed E-state index contributed by atoms with van der Waals surface area (Å²) in [5.41, 5.74) is 0.777. The number of rotatable bonds is 7. The fourth-order valence-electron chi connectivity index (χ4n) is 5.12. The van der Waals surface area contributed by atoms with Gasteiger partial charge in [-0.25, -0.2) is 4.79 Å². The molecule has 11 heteroatoms.